The van der Waals surface area contributed by atoms with E-state index in [-0.39, 0.29) is 24.0 Å². The molecule has 3 rings (SSSR count). The molecule has 0 bridgehead atoms. The van der Waals surface area contributed by atoms with E-state index in [1.807, 2.05) is 0 Å². The van der Waals surface area contributed by atoms with Gasteiger partial charge in [-0.1, -0.05) is 11.6 Å². The van der Waals surface area contributed by atoms with Crippen molar-refractivity contribution in [2.24, 2.45) is 0 Å². The van der Waals surface area contributed by atoms with Gasteiger partial charge in [-0.05, 0) is 31.3 Å². The number of halogens is 3. The topological polar surface area (TPSA) is 63.6 Å². The lowest BCUT2D eigenvalue weighted by Gasteiger charge is -2.29. The fourth-order valence-corrected chi connectivity index (χ4v) is 3.16. The van der Waals surface area contributed by atoms with E-state index in [0.29, 0.717) is 35.3 Å². The Morgan fingerprint density at radius 2 is 2.00 bits per heavy atom. The Hall–Kier alpha value is -1.41. The molecule has 0 unspecified atom stereocenters. The van der Waals surface area contributed by atoms with Gasteiger partial charge in [0.1, 0.15) is 16.8 Å². The smallest absolute Gasteiger partial charge is 0.248 e. The summed E-state index contributed by atoms with van der Waals surface area (Å²) in [6, 6.07) is 1.56. The highest BCUT2D eigenvalue weighted by atomic mass is 35.5. The van der Waals surface area contributed by atoms with Crippen LogP contribution in [0, 0.1) is 6.92 Å². The van der Waals surface area contributed by atoms with E-state index >= 15 is 0 Å². The van der Waals surface area contributed by atoms with Crippen LogP contribution < -0.4 is 5.32 Å². The van der Waals surface area contributed by atoms with Crippen LogP contribution in [0.5, 0.6) is 0 Å². The van der Waals surface area contributed by atoms with Crippen LogP contribution in [0.25, 0.3) is 10.8 Å². The Morgan fingerprint density at radius 3 is 2.64 bits per heavy atom. The van der Waals surface area contributed by atoms with Crippen LogP contribution in [-0.4, -0.2) is 31.3 Å². The molecule has 0 amide bonds. The van der Waals surface area contributed by atoms with Gasteiger partial charge in [-0.3, -0.25) is 0 Å². The second-order valence-corrected chi connectivity index (χ2v) is 6.46. The van der Waals surface area contributed by atoms with Gasteiger partial charge in [-0.2, -0.15) is 4.37 Å². The minimum atomic E-state index is -2.54. The van der Waals surface area contributed by atoms with Crippen molar-refractivity contribution in [1.82, 2.24) is 19.3 Å². The van der Waals surface area contributed by atoms with Gasteiger partial charge in [-0.15, -0.1) is 0 Å². The van der Waals surface area contributed by atoms with Gasteiger partial charge in [-0.25, -0.2) is 23.7 Å². The first kappa shape index (κ1) is 15.5. The molecule has 0 spiro atoms. The second-order valence-electron chi connectivity index (χ2n) is 5.32. The van der Waals surface area contributed by atoms with Crippen molar-refractivity contribution in [2.45, 2.75) is 44.6 Å². The largest absolute Gasteiger partial charge is 0.367 e. The van der Waals surface area contributed by atoms with Crippen molar-refractivity contribution in [3.63, 3.8) is 0 Å². The molecule has 1 N–H and O–H groups in total. The van der Waals surface area contributed by atoms with Gasteiger partial charge in [0.05, 0.1) is 0 Å². The summed E-state index contributed by atoms with van der Waals surface area (Å²) in [4.78, 5) is 12.7. The van der Waals surface area contributed by atoms with Crippen molar-refractivity contribution in [3.05, 3.63) is 17.0 Å². The Balaban J connectivity index is 1.76. The molecule has 0 atom stereocenters. The third kappa shape index (κ3) is 3.67. The molecule has 1 aliphatic carbocycles. The molecular weight excluding hydrogens is 332 g/mol. The van der Waals surface area contributed by atoms with Gasteiger partial charge >= 0.3 is 0 Å². The minimum Gasteiger partial charge on any atom is -0.367 e. The monoisotopic (exact) mass is 345 g/mol. The minimum absolute atomic E-state index is 0.0328. The molecule has 9 heteroatoms. The zero-order valence-electron chi connectivity index (χ0n) is 11.8. The van der Waals surface area contributed by atoms with E-state index in [4.69, 9.17) is 11.6 Å². The summed E-state index contributed by atoms with van der Waals surface area (Å²) in [6.45, 7) is 1.78. The Kier molecular flexibility index (Phi) is 4.22. The first-order chi connectivity index (χ1) is 10.4. The molecule has 0 saturated heterocycles. The lowest BCUT2D eigenvalue weighted by molar-refractivity contribution is -0.0361. The summed E-state index contributed by atoms with van der Waals surface area (Å²) in [6.07, 6.45) is 0.599. The molecule has 1 fully saturated rings. The summed E-state index contributed by atoms with van der Waals surface area (Å²) < 4.78 is 30.4. The van der Waals surface area contributed by atoms with Crippen molar-refractivity contribution < 1.29 is 8.78 Å². The van der Waals surface area contributed by atoms with Crippen molar-refractivity contribution >= 4 is 29.0 Å². The van der Waals surface area contributed by atoms with Crippen LogP contribution in [0.1, 0.15) is 31.5 Å². The summed E-state index contributed by atoms with van der Waals surface area (Å²) in [7, 11) is 0. The van der Waals surface area contributed by atoms with E-state index in [0.717, 1.165) is 0 Å². The highest BCUT2D eigenvalue weighted by Gasteiger charge is 2.35. The van der Waals surface area contributed by atoms with Gasteiger partial charge < -0.3 is 5.32 Å². The van der Waals surface area contributed by atoms with Crippen LogP contribution in [0.15, 0.2) is 6.07 Å². The zero-order valence-corrected chi connectivity index (χ0v) is 13.4. The number of nitrogens with zero attached hydrogens (tertiary/aromatic N) is 4. The van der Waals surface area contributed by atoms with E-state index in [2.05, 4.69) is 24.6 Å². The average molecular weight is 346 g/mol. The highest BCUT2D eigenvalue weighted by Crippen LogP contribution is 2.34. The summed E-state index contributed by atoms with van der Waals surface area (Å²) in [5, 5.41) is 4.02. The third-order valence-corrected chi connectivity index (χ3v) is 4.48. The summed E-state index contributed by atoms with van der Waals surface area (Å²) >= 11 is 7.21. The molecule has 0 radical (unpaired) electrons. The number of hydrogen-bond donors (Lipinski definition) is 1. The molecule has 2 aromatic heterocycles. The van der Waals surface area contributed by atoms with Crippen LogP contribution in [0.3, 0.4) is 0 Å². The maximum atomic E-state index is 13.2. The fourth-order valence-electron chi connectivity index (χ4n) is 2.37. The maximum absolute atomic E-state index is 13.2. The lowest BCUT2D eigenvalue weighted by atomic mass is 9.92. The fraction of sp³-hybridized carbons (Fsp3) is 0.538. The summed E-state index contributed by atoms with van der Waals surface area (Å²) in [5.41, 5.74) is 0. The predicted octanol–water partition coefficient (Wildman–Crippen LogP) is 3.95. The molecule has 0 aliphatic heterocycles. The maximum Gasteiger partial charge on any atom is 0.248 e. The van der Waals surface area contributed by atoms with E-state index < -0.39 is 5.92 Å². The molecule has 2 aromatic rings. The first-order valence-corrected chi connectivity index (χ1v) is 8.06. The van der Waals surface area contributed by atoms with Crippen LogP contribution in [0.4, 0.5) is 14.6 Å². The zero-order chi connectivity index (χ0) is 15.7. The molecule has 1 aliphatic rings. The number of anilines is 1. The molecule has 0 aromatic carbocycles. The number of nitrogens with one attached hydrogen (secondary N) is 1. The number of aryl methyl sites for hydroxylation is 1. The normalized spacial score (nSPS) is 18.4. The second kappa shape index (κ2) is 6.00. The molecule has 22 heavy (non-hydrogen) atoms. The SMILES string of the molecule is Cc1nsc(-c2nc(Cl)cc(NC3CCC(F)(F)CC3)n2)n1. The number of rotatable bonds is 3. The van der Waals surface area contributed by atoms with Crippen LogP contribution in [-0.2, 0) is 0 Å². The van der Waals surface area contributed by atoms with Crippen molar-refractivity contribution in [3.8, 4) is 10.8 Å². The average Bonchev–Trinajstić information content (AvgIpc) is 2.87. The van der Waals surface area contributed by atoms with Crippen molar-refractivity contribution in [1.29, 1.82) is 0 Å². The lowest BCUT2D eigenvalue weighted by Crippen LogP contribution is -2.32. The van der Waals surface area contributed by atoms with Gasteiger partial charge in [0, 0.05) is 24.9 Å². The Labute approximate surface area is 135 Å². The van der Waals surface area contributed by atoms with E-state index in [1.165, 1.54) is 11.5 Å². The molecule has 5 nitrogen and oxygen atoms in total. The van der Waals surface area contributed by atoms with Crippen molar-refractivity contribution in [2.75, 3.05) is 5.32 Å². The van der Waals surface area contributed by atoms with Gasteiger partial charge in [0.25, 0.3) is 0 Å². The van der Waals surface area contributed by atoms with Gasteiger partial charge in [0.2, 0.25) is 5.92 Å². The quantitative estimate of drug-likeness (QED) is 0.853. The number of alkyl halides is 2. The van der Waals surface area contributed by atoms with Crippen LogP contribution >= 0.6 is 23.1 Å². The Morgan fingerprint density at radius 1 is 1.27 bits per heavy atom. The van der Waals surface area contributed by atoms with Crippen LogP contribution in [0.2, 0.25) is 5.15 Å². The Bertz CT molecular complexity index is 668. The van der Waals surface area contributed by atoms with Gasteiger partial charge in [0.15, 0.2) is 10.8 Å². The number of hydrogen-bond acceptors (Lipinski definition) is 6. The standard InChI is InChI=1S/C13H14ClF2N5S/c1-7-17-12(22-21-7)11-19-9(14)6-10(20-11)18-8-2-4-13(15,16)5-3-8/h6,8H,2-5H2,1H3,(H,18,19,20). The summed E-state index contributed by atoms with van der Waals surface area (Å²) in [5.74, 6) is -0.982. The van der Waals surface area contributed by atoms with E-state index in [9.17, 15) is 8.78 Å². The molecular formula is C13H14ClF2N5S. The molecule has 2 heterocycles. The molecule has 1 saturated carbocycles. The highest BCUT2D eigenvalue weighted by molar-refractivity contribution is 7.09. The third-order valence-electron chi connectivity index (χ3n) is 3.48. The first-order valence-electron chi connectivity index (χ1n) is 6.91. The number of aromatic nitrogens is 4. The molecule has 118 valence electrons. The van der Waals surface area contributed by atoms with E-state index in [1.54, 1.807) is 13.0 Å². The predicted molar refractivity (Wildman–Crippen MR) is 81.5 cm³/mol.